The number of rotatable bonds is 5. The lowest BCUT2D eigenvalue weighted by atomic mass is 9.98. The number of benzene rings is 2. The first kappa shape index (κ1) is 22.5. The Bertz CT molecular complexity index is 1160. The van der Waals surface area contributed by atoms with Crippen molar-refractivity contribution in [3.8, 4) is 0 Å². The minimum Gasteiger partial charge on any atom is -0.299 e. The quantitative estimate of drug-likeness (QED) is 0.577. The Morgan fingerprint density at radius 3 is 2.63 bits per heavy atom. The second-order valence-electron chi connectivity index (χ2n) is 7.54. The summed E-state index contributed by atoms with van der Waals surface area (Å²) >= 11 is 0. The summed E-state index contributed by atoms with van der Waals surface area (Å²) in [6.45, 7) is 9.20. The molecule has 3 aromatic rings. The third kappa shape index (κ3) is 3.92. The molecule has 5 nitrogen and oxygen atoms in total. The lowest BCUT2D eigenvalue weighted by Gasteiger charge is -2.32. The summed E-state index contributed by atoms with van der Waals surface area (Å²) < 4.78 is 29.0. The minimum atomic E-state index is -3.74. The third-order valence-corrected chi connectivity index (χ3v) is 7.62. The number of fused-ring (bicyclic) bond motifs is 2. The minimum absolute atomic E-state index is 0. The molecule has 0 fully saturated rings. The third-order valence-electron chi connectivity index (χ3n) is 5.70. The van der Waals surface area contributed by atoms with Crippen molar-refractivity contribution in [3.05, 3.63) is 65.4 Å². The molecule has 30 heavy (non-hydrogen) atoms. The number of para-hydroxylation sites is 1. The molecule has 1 aromatic heterocycles. The zero-order valence-corrected chi connectivity index (χ0v) is 19.3. The van der Waals surface area contributed by atoms with Crippen molar-refractivity contribution in [1.82, 2.24) is 9.88 Å². The average molecular weight is 446 g/mol. The Hall–Kier alpha value is -2.15. The van der Waals surface area contributed by atoms with Crippen LogP contribution in [0, 0.1) is 6.92 Å². The van der Waals surface area contributed by atoms with Gasteiger partial charge in [-0.3, -0.25) is 14.2 Å². The molecular formula is C23H28ClN3O2S. The van der Waals surface area contributed by atoms with Crippen LogP contribution >= 0.6 is 12.4 Å². The molecule has 0 saturated carbocycles. The second kappa shape index (κ2) is 8.92. The Morgan fingerprint density at radius 2 is 1.90 bits per heavy atom. The Balaban J connectivity index is 0.00000256. The SMILES string of the molecule is CCN1CCc2c(cccc2N(CC)S(=O)(=O)c2cccc3cc(C)cnc23)C1.Cl. The number of pyridine rings is 1. The van der Waals surface area contributed by atoms with Gasteiger partial charge in [-0.05, 0) is 61.7 Å². The number of sulfonamides is 1. The molecule has 7 heteroatoms. The van der Waals surface area contributed by atoms with Gasteiger partial charge in [0.25, 0.3) is 10.0 Å². The predicted octanol–water partition coefficient (Wildman–Crippen LogP) is 4.56. The maximum atomic E-state index is 13.7. The van der Waals surface area contributed by atoms with E-state index in [0.717, 1.165) is 48.3 Å². The predicted molar refractivity (Wildman–Crippen MR) is 125 cm³/mol. The largest absolute Gasteiger partial charge is 0.299 e. The molecule has 0 N–H and O–H groups in total. The summed E-state index contributed by atoms with van der Waals surface area (Å²) in [7, 11) is -3.74. The van der Waals surface area contributed by atoms with E-state index in [4.69, 9.17) is 0 Å². The van der Waals surface area contributed by atoms with Crippen LogP contribution in [0.25, 0.3) is 10.9 Å². The number of aryl methyl sites for hydroxylation is 1. The van der Waals surface area contributed by atoms with Crippen LogP contribution in [0.15, 0.2) is 53.6 Å². The van der Waals surface area contributed by atoms with Gasteiger partial charge < -0.3 is 0 Å². The first-order valence-corrected chi connectivity index (χ1v) is 11.6. The van der Waals surface area contributed by atoms with E-state index in [1.807, 2.05) is 38.1 Å². The van der Waals surface area contributed by atoms with Gasteiger partial charge in [0.05, 0.1) is 11.2 Å². The maximum Gasteiger partial charge on any atom is 0.266 e. The van der Waals surface area contributed by atoms with E-state index in [0.29, 0.717) is 12.1 Å². The molecule has 4 rings (SSSR count). The number of hydrogen-bond acceptors (Lipinski definition) is 4. The van der Waals surface area contributed by atoms with Crippen molar-refractivity contribution in [3.63, 3.8) is 0 Å². The second-order valence-corrected chi connectivity index (χ2v) is 9.37. The zero-order chi connectivity index (χ0) is 20.6. The summed E-state index contributed by atoms with van der Waals surface area (Å²) in [6.07, 6.45) is 2.58. The van der Waals surface area contributed by atoms with E-state index in [1.54, 1.807) is 22.6 Å². The number of likely N-dealkylation sites (N-methyl/N-ethyl adjacent to an activating group) is 1. The fourth-order valence-electron chi connectivity index (χ4n) is 4.19. The van der Waals surface area contributed by atoms with Gasteiger partial charge in [-0.25, -0.2) is 8.42 Å². The van der Waals surface area contributed by atoms with Crippen molar-refractivity contribution >= 4 is 39.0 Å². The normalized spacial score (nSPS) is 14.2. The van der Waals surface area contributed by atoms with Gasteiger partial charge in [-0.2, -0.15) is 0 Å². The molecule has 0 radical (unpaired) electrons. The van der Waals surface area contributed by atoms with Crippen LogP contribution in [-0.4, -0.2) is 37.9 Å². The fraction of sp³-hybridized carbons (Fsp3) is 0.348. The molecule has 1 aliphatic heterocycles. The highest BCUT2D eigenvalue weighted by molar-refractivity contribution is 7.93. The van der Waals surface area contributed by atoms with Crippen LogP contribution in [-0.2, 0) is 23.0 Å². The number of nitrogens with zero attached hydrogens (tertiary/aromatic N) is 3. The Morgan fingerprint density at radius 1 is 1.13 bits per heavy atom. The maximum absolute atomic E-state index is 13.7. The van der Waals surface area contributed by atoms with E-state index < -0.39 is 10.0 Å². The number of anilines is 1. The molecule has 0 saturated heterocycles. The Kier molecular flexibility index (Phi) is 6.70. The van der Waals surface area contributed by atoms with Crippen molar-refractivity contribution in [1.29, 1.82) is 0 Å². The van der Waals surface area contributed by atoms with Gasteiger partial charge in [0.15, 0.2) is 0 Å². The monoisotopic (exact) mass is 445 g/mol. The summed E-state index contributed by atoms with van der Waals surface area (Å²) in [5.74, 6) is 0. The first-order valence-electron chi connectivity index (χ1n) is 10.2. The van der Waals surface area contributed by atoms with E-state index in [-0.39, 0.29) is 17.3 Å². The van der Waals surface area contributed by atoms with Crippen LogP contribution in [0.3, 0.4) is 0 Å². The van der Waals surface area contributed by atoms with Gasteiger partial charge in [-0.15, -0.1) is 12.4 Å². The van der Waals surface area contributed by atoms with Crippen LogP contribution in [0.5, 0.6) is 0 Å². The lowest BCUT2D eigenvalue weighted by molar-refractivity contribution is 0.268. The van der Waals surface area contributed by atoms with Gasteiger partial charge in [0, 0.05) is 31.2 Å². The van der Waals surface area contributed by atoms with Gasteiger partial charge in [0.2, 0.25) is 0 Å². The Labute approximate surface area is 185 Å². The standard InChI is InChI=1S/C23H27N3O2S.ClH/c1-4-25-13-12-20-19(16-25)9-6-10-21(20)26(5-2)29(27,28)22-11-7-8-18-14-17(3)15-24-23(18)22;/h6-11,14-15H,4-5,12-13,16H2,1-3H3;1H. The van der Waals surface area contributed by atoms with E-state index in [1.165, 1.54) is 5.56 Å². The first-order chi connectivity index (χ1) is 14.0. The highest BCUT2D eigenvalue weighted by Crippen LogP contribution is 2.34. The average Bonchev–Trinajstić information content (AvgIpc) is 2.73. The number of halogens is 1. The summed E-state index contributed by atoms with van der Waals surface area (Å²) in [5, 5.41) is 0.843. The van der Waals surface area contributed by atoms with E-state index in [9.17, 15) is 8.42 Å². The molecule has 0 aliphatic carbocycles. The fourth-order valence-corrected chi connectivity index (χ4v) is 5.86. The molecule has 0 spiro atoms. The topological polar surface area (TPSA) is 53.5 Å². The highest BCUT2D eigenvalue weighted by atomic mass is 35.5. The molecular weight excluding hydrogens is 418 g/mol. The smallest absolute Gasteiger partial charge is 0.266 e. The lowest BCUT2D eigenvalue weighted by Crippen LogP contribution is -2.35. The number of hydrogen-bond donors (Lipinski definition) is 0. The van der Waals surface area contributed by atoms with Crippen molar-refractivity contribution in [2.24, 2.45) is 0 Å². The molecule has 2 aromatic carbocycles. The van der Waals surface area contributed by atoms with Crippen molar-refractivity contribution in [2.45, 2.75) is 38.6 Å². The molecule has 1 aliphatic rings. The molecule has 2 heterocycles. The summed E-state index contributed by atoms with van der Waals surface area (Å²) in [4.78, 5) is 7.10. The molecule has 0 unspecified atom stereocenters. The van der Waals surface area contributed by atoms with Crippen LogP contribution in [0.1, 0.15) is 30.5 Å². The van der Waals surface area contributed by atoms with Crippen LogP contribution in [0.4, 0.5) is 5.69 Å². The van der Waals surface area contributed by atoms with E-state index >= 15 is 0 Å². The van der Waals surface area contributed by atoms with Gasteiger partial charge >= 0.3 is 0 Å². The molecule has 160 valence electrons. The highest BCUT2D eigenvalue weighted by Gasteiger charge is 2.29. The molecule has 0 atom stereocenters. The van der Waals surface area contributed by atoms with Crippen molar-refractivity contribution < 1.29 is 8.42 Å². The molecule has 0 bridgehead atoms. The van der Waals surface area contributed by atoms with Crippen molar-refractivity contribution in [2.75, 3.05) is 23.9 Å². The zero-order valence-electron chi connectivity index (χ0n) is 17.6. The van der Waals surface area contributed by atoms with Gasteiger partial charge in [-0.1, -0.05) is 31.2 Å². The van der Waals surface area contributed by atoms with Gasteiger partial charge in [0.1, 0.15) is 4.90 Å². The van der Waals surface area contributed by atoms with Crippen LogP contribution in [0.2, 0.25) is 0 Å². The van der Waals surface area contributed by atoms with Crippen LogP contribution < -0.4 is 4.31 Å². The summed E-state index contributed by atoms with van der Waals surface area (Å²) in [6, 6.07) is 13.4. The summed E-state index contributed by atoms with van der Waals surface area (Å²) in [5.41, 5.74) is 4.70. The number of aromatic nitrogens is 1. The molecule has 0 amide bonds. The van der Waals surface area contributed by atoms with E-state index in [2.05, 4.69) is 22.9 Å².